The fraction of sp³-hybridized carbons (Fsp3) is 0.500. The molecule has 2 amide bonds. The normalized spacial score (nSPS) is 12.6. The molecule has 134 valence electrons. The summed E-state index contributed by atoms with van der Waals surface area (Å²) in [7, 11) is 0. The number of carbonyl (C=O) groups is 2. The summed E-state index contributed by atoms with van der Waals surface area (Å²) in [6, 6.07) is 5.76. The number of carbonyl (C=O) groups excluding carboxylic acids is 2. The lowest BCUT2D eigenvalue weighted by molar-refractivity contribution is -0.138. The van der Waals surface area contributed by atoms with E-state index in [2.05, 4.69) is 10.6 Å². The molecule has 3 N–H and O–H groups in total. The number of halogens is 3. The highest BCUT2D eigenvalue weighted by Gasteiger charge is 2.28. The molecule has 1 rings (SSSR count). The van der Waals surface area contributed by atoms with Crippen molar-refractivity contribution in [2.45, 2.75) is 39.4 Å². The summed E-state index contributed by atoms with van der Waals surface area (Å²) in [6.45, 7) is 3.98. The molecule has 8 heteroatoms. The summed E-state index contributed by atoms with van der Waals surface area (Å²) in [5.41, 5.74) is 1.17. The molecule has 0 saturated carbocycles. The standard InChI is InChI=1S/C16H22F3N3O2/c1-10(2)8-14(23)22-13-6-4-12(5-7-13)21-11(3)15(24)20-9-16(17,18)19/h4-7,10-11,21H,8-9H2,1-3H3,(H,20,24)(H,22,23). The minimum Gasteiger partial charge on any atom is -0.374 e. The molecule has 24 heavy (non-hydrogen) atoms. The van der Waals surface area contributed by atoms with Crippen LogP contribution in [0.5, 0.6) is 0 Å². The zero-order valence-electron chi connectivity index (χ0n) is 13.8. The fourth-order valence-electron chi connectivity index (χ4n) is 1.89. The highest BCUT2D eigenvalue weighted by atomic mass is 19.4. The first-order valence-corrected chi connectivity index (χ1v) is 7.57. The molecular weight excluding hydrogens is 323 g/mol. The minimum absolute atomic E-state index is 0.0920. The van der Waals surface area contributed by atoms with Crippen molar-refractivity contribution in [3.8, 4) is 0 Å². The number of benzene rings is 1. The zero-order valence-corrected chi connectivity index (χ0v) is 13.8. The molecule has 0 fully saturated rings. The van der Waals surface area contributed by atoms with Crippen molar-refractivity contribution in [1.29, 1.82) is 0 Å². The molecule has 0 radical (unpaired) electrons. The second kappa shape index (κ2) is 8.56. The van der Waals surface area contributed by atoms with Crippen molar-refractivity contribution in [3.05, 3.63) is 24.3 Å². The molecule has 1 unspecified atom stereocenters. The van der Waals surface area contributed by atoms with Gasteiger partial charge in [-0.3, -0.25) is 9.59 Å². The van der Waals surface area contributed by atoms with Gasteiger partial charge in [0.15, 0.2) is 0 Å². The maximum absolute atomic E-state index is 12.1. The van der Waals surface area contributed by atoms with Crippen molar-refractivity contribution >= 4 is 23.2 Å². The smallest absolute Gasteiger partial charge is 0.374 e. The van der Waals surface area contributed by atoms with Crippen molar-refractivity contribution in [2.24, 2.45) is 5.92 Å². The predicted molar refractivity (Wildman–Crippen MR) is 86.7 cm³/mol. The summed E-state index contributed by atoms with van der Waals surface area (Å²) in [5.74, 6) is -0.589. The molecule has 0 aromatic heterocycles. The quantitative estimate of drug-likeness (QED) is 0.711. The first-order valence-electron chi connectivity index (χ1n) is 7.57. The lowest BCUT2D eigenvalue weighted by Crippen LogP contribution is -2.42. The van der Waals surface area contributed by atoms with Crippen LogP contribution in [0.1, 0.15) is 27.2 Å². The topological polar surface area (TPSA) is 70.2 Å². The average Bonchev–Trinajstić information content (AvgIpc) is 2.45. The number of amides is 2. The van der Waals surface area contributed by atoms with Crippen LogP contribution in [0, 0.1) is 5.92 Å². The summed E-state index contributed by atoms with van der Waals surface area (Å²) in [5, 5.41) is 7.36. The highest BCUT2D eigenvalue weighted by molar-refractivity contribution is 5.91. The van der Waals surface area contributed by atoms with Crippen LogP contribution in [0.25, 0.3) is 0 Å². The maximum atomic E-state index is 12.1. The van der Waals surface area contributed by atoms with E-state index in [0.717, 1.165) is 0 Å². The maximum Gasteiger partial charge on any atom is 0.405 e. The van der Waals surface area contributed by atoms with Crippen LogP contribution < -0.4 is 16.0 Å². The number of hydrogen-bond acceptors (Lipinski definition) is 3. The molecule has 1 atom stereocenters. The Labute approximate surface area is 139 Å². The van der Waals surface area contributed by atoms with Gasteiger partial charge in [-0.05, 0) is 37.1 Å². The van der Waals surface area contributed by atoms with E-state index in [-0.39, 0.29) is 11.8 Å². The largest absolute Gasteiger partial charge is 0.405 e. The van der Waals surface area contributed by atoms with E-state index >= 15 is 0 Å². The van der Waals surface area contributed by atoms with Gasteiger partial charge in [-0.15, -0.1) is 0 Å². The van der Waals surface area contributed by atoms with Crippen molar-refractivity contribution in [2.75, 3.05) is 17.2 Å². The first kappa shape index (κ1) is 19.8. The number of nitrogens with one attached hydrogen (secondary N) is 3. The van der Waals surface area contributed by atoms with Crippen molar-refractivity contribution in [1.82, 2.24) is 5.32 Å². The van der Waals surface area contributed by atoms with Crippen LogP contribution in [-0.4, -0.2) is 30.6 Å². The van der Waals surface area contributed by atoms with Gasteiger partial charge in [-0.1, -0.05) is 13.8 Å². The SMILES string of the molecule is CC(C)CC(=O)Nc1ccc(NC(C)C(=O)NCC(F)(F)F)cc1. The molecular formula is C16H22F3N3O2. The van der Waals surface area contributed by atoms with E-state index in [9.17, 15) is 22.8 Å². The minimum atomic E-state index is -4.44. The summed E-state index contributed by atoms with van der Waals surface area (Å²) in [6.07, 6.45) is -4.03. The van der Waals surface area contributed by atoms with Gasteiger partial charge in [0.2, 0.25) is 11.8 Å². The lowest BCUT2D eigenvalue weighted by atomic mass is 10.1. The van der Waals surface area contributed by atoms with E-state index in [1.807, 2.05) is 19.2 Å². The van der Waals surface area contributed by atoms with Crippen molar-refractivity contribution in [3.63, 3.8) is 0 Å². The third-order valence-corrected chi connectivity index (χ3v) is 3.00. The van der Waals surface area contributed by atoms with Crippen molar-refractivity contribution < 1.29 is 22.8 Å². The molecule has 0 spiro atoms. The molecule has 1 aromatic rings. The highest BCUT2D eigenvalue weighted by Crippen LogP contribution is 2.16. The second-order valence-electron chi connectivity index (χ2n) is 5.92. The molecule has 0 aliphatic rings. The molecule has 5 nitrogen and oxygen atoms in total. The fourth-order valence-corrected chi connectivity index (χ4v) is 1.89. The zero-order chi connectivity index (χ0) is 18.3. The molecule has 0 heterocycles. The molecule has 0 aliphatic carbocycles. The van der Waals surface area contributed by atoms with Gasteiger partial charge in [0.1, 0.15) is 12.6 Å². The number of hydrogen-bond donors (Lipinski definition) is 3. The molecule has 1 aromatic carbocycles. The van der Waals surface area contributed by atoms with Crippen LogP contribution in [0.2, 0.25) is 0 Å². The van der Waals surface area contributed by atoms with E-state index in [1.54, 1.807) is 24.3 Å². The number of anilines is 2. The third kappa shape index (κ3) is 7.85. The van der Waals surface area contributed by atoms with E-state index in [1.165, 1.54) is 6.92 Å². The Morgan fingerprint density at radius 2 is 1.58 bits per heavy atom. The van der Waals surface area contributed by atoms with Gasteiger partial charge >= 0.3 is 6.18 Å². The Kier molecular flexibility index (Phi) is 7.06. The Balaban J connectivity index is 2.51. The summed E-state index contributed by atoms with van der Waals surface area (Å²) >= 11 is 0. The van der Waals surface area contributed by atoms with Gasteiger partial charge < -0.3 is 16.0 Å². The second-order valence-corrected chi connectivity index (χ2v) is 5.92. The van der Waals surface area contributed by atoms with E-state index in [0.29, 0.717) is 17.8 Å². The Bertz CT molecular complexity index is 557. The first-order chi connectivity index (χ1) is 11.1. The monoisotopic (exact) mass is 345 g/mol. The van der Waals surface area contributed by atoms with Gasteiger partial charge in [-0.2, -0.15) is 13.2 Å². The number of alkyl halides is 3. The van der Waals surface area contributed by atoms with E-state index in [4.69, 9.17) is 0 Å². The van der Waals surface area contributed by atoms with Crippen LogP contribution in [0.3, 0.4) is 0 Å². The van der Waals surface area contributed by atoms with Crippen LogP contribution in [-0.2, 0) is 9.59 Å². The average molecular weight is 345 g/mol. The van der Waals surface area contributed by atoms with Crippen LogP contribution >= 0.6 is 0 Å². The predicted octanol–water partition coefficient (Wildman–Crippen LogP) is 3.15. The van der Waals surface area contributed by atoms with Crippen LogP contribution in [0.15, 0.2) is 24.3 Å². The third-order valence-electron chi connectivity index (χ3n) is 3.00. The van der Waals surface area contributed by atoms with Crippen LogP contribution in [0.4, 0.5) is 24.5 Å². The summed E-state index contributed by atoms with van der Waals surface area (Å²) in [4.78, 5) is 23.2. The molecule has 0 aliphatic heterocycles. The van der Waals surface area contributed by atoms with Gasteiger partial charge in [-0.25, -0.2) is 0 Å². The van der Waals surface area contributed by atoms with Gasteiger partial charge in [0, 0.05) is 17.8 Å². The Hall–Kier alpha value is -2.25. The molecule has 0 bridgehead atoms. The Morgan fingerprint density at radius 1 is 1.04 bits per heavy atom. The molecule has 0 saturated heterocycles. The van der Waals surface area contributed by atoms with Gasteiger partial charge in [0.25, 0.3) is 0 Å². The lowest BCUT2D eigenvalue weighted by Gasteiger charge is -2.16. The summed E-state index contributed by atoms with van der Waals surface area (Å²) < 4.78 is 36.2. The number of rotatable bonds is 7. The van der Waals surface area contributed by atoms with Gasteiger partial charge in [0.05, 0.1) is 0 Å². The van der Waals surface area contributed by atoms with E-state index < -0.39 is 24.7 Å². The Morgan fingerprint density at radius 3 is 2.08 bits per heavy atom.